The van der Waals surface area contributed by atoms with Crippen LogP contribution < -0.4 is 10.7 Å². The van der Waals surface area contributed by atoms with Gasteiger partial charge < -0.3 is 5.32 Å². The van der Waals surface area contributed by atoms with Crippen molar-refractivity contribution in [2.24, 2.45) is 5.10 Å². The molecule has 0 atom stereocenters. The number of para-hydroxylation sites is 1. The first-order valence-electron chi connectivity index (χ1n) is 7.37. The van der Waals surface area contributed by atoms with Gasteiger partial charge in [0.1, 0.15) is 0 Å². The summed E-state index contributed by atoms with van der Waals surface area (Å²) < 4.78 is 0. The van der Waals surface area contributed by atoms with Gasteiger partial charge in [-0.25, -0.2) is 5.43 Å². The Balaban J connectivity index is 1.73. The molecule has 5 heteroatoms. The second-order valence-corrected chi connectivity index (χ2v) is 5.06. The summed E-state index contributed by atoms with van der Waals surface area (Å²) in [5, 5.41) is 6.64. The molecule has 0 radical (unpaired) electrons. The van der Waals surface area contributed by atoms with E-state index >= 15 is 0 Å². The number of nitrogens with zero attached hydrogens (tertiary/aromatic N) is 1. The highest BCUT2D eigenvalue weighted by molar-refractivity contribution is 5.93. The fourth-order valence-corrected chi connectivity index (χ4v) is 1.93. The lowest BCUT2D eigenvalue weighted by atomic mass is 10.1. The van der Waals surface area contributed by atoms with Crippen LogP contribution in [0.2, 0.25) is 0 Å². The van der Waals surface area contributed by atoms with Crippen molar-refractivity contribution in [2.45, 2.75) is 19.8 Å². The van der Waals surface area contributed by atoms with E-state index in [1.807, 2.05) is 49.4 Å². The van der Waals surface area contributed by atoms with Crippen molar-refractivity contribution < 1.29 is 9.59 Å². The predicted molar refractivity (Wildman–Crippen MR) is 91.2 cm³/mol. The Morgan fingerprint density at radius 3 is 2.35 bits per heavy atom. The average Bonchev–Trinajstić information content (AvgIpc) is 2.56. The van der Waals surface area contributed by atoms with E-state index in [0.29, 0.717) is 0 Å². The zero-order chi connectivity index (χ0) is 16.5. The van der Waals surface area contributed by atoms with Crippen LogP contribution in [0.3, 0.4) is 0 Å². The monoisotopic (exact) mass is 309 g/mol. The molecule has 0 saturated carbocycles. The van der Waals surface area contributed by atoms with Gasteiger partial charge in [0.25, 0.3) is 0 Å². The zero-order valence-corrected chi connectivity index (χ0v) is 13.0. The van der Waals surface area contributed by atoms with Gasteiger partial charge in [0.15, 0.2) is 0 Å². The molecule has 23 heavy (non-hydrogen) atoms. The summed E-state index contributed by atoms with van der Waals surface area (Å²) in [6.45, 7) is 1.97. The second kappa shape index (κ2) is 8.48. The maximum atomic E-state index is 11.7. The molecule has 0 aliphatic rings. The van der Waals surface area contributed by atoms with Crippen molar-refractivity contribution in [3.05, 3.63) is 65.7 Å². The minimum Gasteiger partial charge on any atom is -0.326 e. The Kier molecular flexibility index (Phi) is 6.06. The molecule has 2 N–H and O–H groups in total. The predicted octanol–water partition coefficient (Wildman–Crippen LogP) is 2.86. The van der Waals surface area contributed by atoms with Gasteiger partial charge in [0.2, 0.25) is 11.8 Å². The number of nitrogens with one attached hydrogen (secondary N) is 2. The Morgan fingerprint density at radius 1 is 0.957 bits per heavy atom. The van der Waals surface area contributed by atoms with Crippen LogP contribution in [-0.4, -0.2) is 18.0 Å². The Labute approximate surface area is 135 Å². The summed E-state index contributed by atoms with van der Waals surface area (Å²) in [5.74, 6) is -0.493. The first-order valence-corrected chi connectivity index (χ1v) is 7.37. The molecule has 0 heterocycles. The van der Waals surface area contributed by atoms with Crippen LogP contribution in [-0.2, 0) is 9.59 Å². The SMILES string of the molecule is Cc1ccccc1/C=N/NC(=O)CCC(=O)Nc1ccccc1. The highest BCUT2D eigenvalue weighted by Crippen LogP contribution is 2.06. The molecule has 118 valence electrons. The molecule has 0 spiro atoms. The molecule has 0 unspecified atom stereocenters. The summed E-state index contributed by atoms with van der Waals surface area (Å²) in [5.41, 5.74) is 5.16. The first kappa shape index (κ1) is 16.4. The number of rotatable bonds is 6. The third-order valence-electron chi connectivity index (χ3n) is 3.22. The summed E-state index contributed by atoms with van der Waals surface area (Å²) >= 11 is 0. The third kappa shape index (κ3) is 5.74. The van der Waals surface area contributed by atoms with E-state index < -0.39 is 0 Å². The number of hydrogen-bond acceptors (Lipinski definition) is 3. The molecule has 0 aliphatic carbocycles. The molecular formula is C18H19N3O2. The van der Waals surface area contributed by atoms with Gasteiger partial charge in [0, 0.05) is 18.5 Å². The van der Waals surface area contributed by atoms with Gasteiger partial charge in [-0.2, -0.15) is 5.10 Å². The zero-order valence-electron chi connectivity index (χ0n) is 13.0. The van der Waals surface area contributed by atoms with Gasteiger partial charge in [-0.05, 0) is 30.2 Å². The number of aryl methyl sites for hydroxylation is 1. The average molecular weight is 309 g/mol. The third-order valence-corrected chi connectivity index (χ3v) is 3.22. The fraction of sp³-hybridized carbons (Fsp3) is 0.167. The second-order valence-electron chi connectivity index (χ2n) is 5.06. The van der Waals surface area contributed by atoms with Crippen LogP contribution in [0, 0.1) is 6.92 Å². The minimum atomic E-state index is -0.293. The lowest BCUT2D eigenvalue weighted by Gasteiger charge is -2.04. The molecule has 0 saturated heterocycles. The van der Waals surface area contributed by atoms with Crippen LogP contribution in [0.5, 0.6) is 0 Å². The van der Waals surface area contributed by atoms with E-state index in [2.05, 4.69) is 15.8 Å². The normalized spacial score (nSPS) is 10.5. The number of carbonyl (C=O) groups is 2. The van der Waals surface area contributed by atoms with E-state index in [9.17, 15) is 9.59 Å². The van der Waals surface area contributed by atoms with E-state index in [-0.39, 0.29) is 24.7 Å². The van der Waals surface area contributed by atoms with Crippen molar-refractivity contribution in [1.82, 2.24) is 5.43 Å². The molecular weight excluding hydrogens is 290 g/mol. The number of anilines is 1. The van der Waals surface area contributed by atoms with Crippen molar-refractivity contribution in [1.29, 1.82) is 0 Å². The molecule has 0 bridgehead atoms. The minimum absolute atomic E-state index is 0.0871. The summed E-state index contributed by atoms with van der Waals surface area (Å²) in [7, 11) is 0. The van der Waals surface area contributed by atoms with Crippen LogP contribution in [0.4, 0.5) is 5.69 Å². The summed E-state index contributed by atoms with van der Waals surface area (Å²) in [4.78, 5) is 23.4. The van der Waals surface area contributed by atoms with E-state index in [1.165, 1.54) is 0 Å². The molecule has 0 aromatic heterocycles. The first-order chi connectivity index (χ1) is 11.1. The van der Waals surface area contributed by atoms with Crippen molar-refractivity contribution in [2.75, 3.05) is 5.32 Å². The molecule has 0 aliphatic heterocycles. The number of benzene rings is 2. The van der Waals surface area contributed by atoms with Crippen LogP contribution in [0.15, 0.2) is 59.7 Å². The number of carbonyl (C=O) groups excluding carboxylic acids is 2. The van der Waals surface area contributed by atoms with Gasteiger partial charge in [-0.3, -0.25) is 9.59 Å². The van der Waals surface area contributed by atoms with Crippen molar-refractivity contribution in [3.63, 3.8) is 0 Å². The fourth-order valence-electron chi connectivity index (χ4n) is 1.93. The maximum Gasteiger partial charge on any atom is 0.240 e. The lowest BCUT2D eigenvalue weighted by molar-refractivity contribution is -0.124. The Hall–Kier alpha value is -2.95. The maximum absolute atomic E-state index is 11.7. The van der Waals surface area contributed by atoms with Crippen molar-refractivity contribution >= 4 is 23.7 Å². The topological polar surface area (TPSA) is 70.6 Å². The Morgan fingerprint density at radius 2 is 1.61 bits per heavy atom. The molecule has 2 amide bonds. The lowest BCUT2D eigenvalue weighted by Crippen LogP contribution is -2.20. The molecule has 5 nitrogen and oxygen atoms in total. The van der Waals surface area contributed by atoms with Crippen molar-refractivity contribution in [3.8, 4) is 0 Å². The quantitative estimate of drug-likeness (QED) is 0.636. The van der Waals surface area contributed by atoms with E-state index in [4.69, 9.17) is 0 Å². The Bertz CT molecular complexity index is 696. The molecule has 0 fully saturated rings. The van der Waals surface area contributed by atoms with Gasteiger partial charge >= 0.3 is 0 Å². The van der Waals surface area contributed by atoms with Crippen LogP contribution in [0.25, 0.3) is 0 Å². The van der Waals surface area contributed by atoms with E-state index in [1.54, 1.807) is 18.3 Å². The standard InChI is InChI=1S/C18H19N3O2/c1-14-7-5-6-8-15(14)13-19-21-18(23)12-11-17(22)20-16-9-3-2-4-10-16/h2-10,13H,11-12H2,1H3,(H,20,22)(H,21,23)/b19-13+. The van der Waals surface area contributed by atoms with Gasteiger partial charge in [-0.1, -0.05) is 42.5 Å². The summed E-state index contributed by atoms with van der Waals surface area (Å²) in [6.07, 6.45) is 1.79. The van der Waals surface area contributed by atoms with Gasteiger partial charge in [0.05, 0.1) is 6.21 Å². The number of hydrogen-bond donors (Lipinski definition) is 2. The highest BCUT2D eigenvalue weighted by atomic mass is 16.2. The van der Waals surface area contributed by atoms with E-state index in [0.717, 1.165) is 16.8 Å². The van der Waals surface area contributed by atoms with Gasteiger partial charge in [-0.15, -0.1) is 0 Å². The molecule has 2 aromatic carbocycles. The summed E-state index contributed by atoms with van der Waals surface area (Å²) in [6, 6.07) is 16.9. The molecule has 2 rings (SSSR count). The highest BCUT2D eigenvalue weighted by Gasteiger charge is 2.06. The van der Waals surface area contributed by atoms with Crippen LogP contribution in [0.1, 0.15) is 24.0 Å². The van der Waals surface area contributed by atoms with Crippen LogP contribution >= 0.6 is 0 Å². The largest absolute Gasteiger partial charge is 0.326 e. The number of hydrazone groups is 1. The number of amides is 2. The smallest absolute Gasteiger partial charge is 0.240 e. The molecule has 2 aromatic rings.